The number of unbranched alkanes of at least 4 members (excludes halogenated alkanes) is 1. The fraction of sp³-hybridized carbons (Fsp3) is 0.364. The van der Waals surface area contributed by atoms with Gasteiger partial charge in [-0.2, -0.15) is 0 Å². The van der Waals surface area contributed by atoms with Gasteiger partial charge in [0.05, 0.1) is 0 Å². The molecule has 0 unspecified atom stereocenters. The third-order valence-corrected chi connectivity index (χ3v) is 5.40. The molecule has 3 rings (SSSR count). The first-order chi connectivity index (χ1) is 11.3. The van der Waals surface area contributed by atoms with E-state index in [-0.39, 0.29) is 0 Å². The van der Waals surface area contributed by atoms with Crippen molar-refractivity contribution < 1.29 is 0 Å². The molecule has 1 aromatic heterocycles. The maximum Gasteiger partial charge on any atom is 0.0318 e. The van der Waals surface area contributed by atoms with Gasteiger partial charge in [-0.15, -0.1) is 11.3 Å². The van der Waals surface area contributed by atoms with Crippen LogP contribution in [0.5, 0.6) is 0 Å². The van der Waals surface area contributed by atoms with E-state index >= 15 is 0 Å². The Bertz CT molecular complexity index is 748. The number of hydrogen-bond donors (Lipinski definition) is 0. The predicted octanol–water partition coefficient (Wildman–Crippen LogP) is 6.03. The van der Waals surface area contributed by atoms with Crippen LogP contribution in [0.1, 0.15) is 59.6 Å². The molecule has 23 heavy (non-hydrogen) atoms. The number of aryl methyl sites for hydroxylation is 2. The molecule has 0 fully saturated rings. The van der Waals surface area contributed by atoms with Crippen LogP contribution in [0, 0.1) is 11.8 Å². The van der Waals surface area contributed by atoms with E-state index in [1.165, 1.54) is 52.1 Å². The molecule has 0 bridgehead atoms. The van der Waals surface area contributed by atoms with E-state index < -0.39 is 0 Å². The molecule has 1 heterocycles. The standard InChI is InChI=1S/C22H24S/c1-3-5-7-21-16-20-14-19(15-22(20)23-21)13-12-18-10-8-17(6-4-2)9-11-18/h8-11,15-16H,3-7,14H2,1-2H3. The van der Waals surface area contributed by atoms with Crippen molar-refractivity contribution in [3.8, 4) is 11.8 Å². The highest BCUT2D eigenvalue weighted by atomic mass is 32.1. The molecule has 1 aliphatic carbocycles. The minimum absolute atomic E-state index is 1.01. The van der Waals surface area contributed by atoms with Gasteiger partial charge in [0.25, 0.3) is 0 Å². The molecule has 1 aromatic carbocycles. The lowest BCUT2D eigenvalue weighted by Crippen LogP contribution is -1.84. The highest BCUT2D eigenvalue weighted by molar-refractivity contribution is 7.13. The smallest absolute Gasteiger partial charge is 0.0318 e. The number of hydrogen-bond acceptors (Lipinski definition) is 1. The lowest BCUT2D eigenvalue weighted by Gasteiger charge is -1.97. The fourth-order valence-corrected chi connectivity index (χ4v) is 4.12. The van der Waals surface area contributed by atoms with Crippen molar-refractivity contribution in [1.29, 1.82) is 0 Å². The fourth-order valence-electron chi connectivity index (χ4n) is 2.93. The number of thiophene rings is 1. The van der Waals surface area contributed by atoms with Crippen LogP contribution >= 0.6 is 11.3 Å². The number of benzene rings is 1. The van der Waals surface area contributed by atoms with Crippen molar-refractivity contribution in [2.75, 3.05) is 0 Å². The van der Waals surface area contributed by atoms with Crippen molar-refractivity contribution in [2.45, 2.75) is 52.4 Å². The Morgan fingerprint density at radius 2 is 1.83 bits per heavy atom. The second-order valence-electron chi connectivity index (χ2n) is 6.25. The molecular weight excluding hydrogens is 296 g/mol. The Hall–Kier alpha value is -1.78. The van der Waals surface area contributed by atoms with Crippen molar-refractivity contribution in [1.82, 2.24) is 0 Å². The molecule has 0 amide bonds. The quantitative estimate of drug-likeness (QED) is 0.590. The van der Waals surface area contributed by atoms with Crippen LogP contribution in [0.2, 0.25) is 0 Å². The summed E-state index contributed by atoms with van der Waals surface area (Å²) in [6.45, 7) is 4.47. The van der Waals surface area contributed by atoms with Gasteiger partial charge in [-0.05, 0) is 54.7 Å². The first kappa shape index (κ1) is 16.1. The lowest BCUT2D eigenvalue weighted by molar-refractivity contribution is 0.804. The zero-order valence-corrected chi connectivity index (χ0v) is 14.9. The first-order valence-corrected chi connectivity index (χ1v) is 9.53. The van der Waals surface area contributed by atoms with Crippen LogP contribution in [-0.2, 0) is 19.3 Å². The highest BCUT2D eigenvalue weighted by Crippen LogP contribution is 2.33. The first-order valence-electron chi connectivity index (χ1n) is 8.71. The van der Waals surface area contributed by atoms with Gasteiger partial charge in [0.2, 0.25) is 0 Å². The molecular formula is C22H24S. The molecule has 0 nitrogen and oxygen atoms in total. The van der Waals surface area contributed by atoms with Gasteiger partial charge < -0.3 is 0 Å². The van der Waals surface area contributed by atoms with Crippen molar-refractivity contribution >= 4 is 17.4 Å². The zero-order chi connectivity index (χ0) is 16.1. The van der Waals surface area contributed by atoms with E-state index in [9.17, 15) is 0 Å². The Kier molecular flexibility index (Phi) is 5.36. The molecule has 0 N–H and O–H groups in total. The largest absolute Gasteiger partial charge is 0.141 e. The third-order valence-electron chi connectivity index (χ3n) is 4.22. The van der Waals surface area contributed by atoms with Gasteiger partial charge >= 0.3 is 0 Å². The summed E-state index contributed by atoms with van der Waals surface area (Å²) < 4.78 is 0. The van der Waals surface area contributed by atoms with Gasteiger partial charge in [-0.25, -0.2) is 0 Å². The van der Waals surface area contributed by atoms with Gasteiger partial charge in [0.1, 0.15) is 0 Å². The van der Waals surface area contributed by atoms with E-state index in [0.717, 1.165) is 18.4 Å². The summed E-state index contributed by atoms with van der Waals surface area (Å²) in [5.74, 6) is 6.68. The van der Waals surface area contributed by atoms with Crippen LogP contribution in [0.4, 0.5) is 0 Å². The summed E-state index contributed by atoms with van der Waals surface area (Å²) >= 11 is 1.95. The minimum atomic E-state index is 1.01. The summed E-state index contributed by atoms with van der Waals surface area (Å²) in [5, 5.41) is 0. The monoisotopic (exact) mass is 320 g/mol. The van der Waals surface area contributed by atoms with Crippen LogP contribution in [0.25, 0.3) is 6.08 Å². The van der Waals surface area contributed by atoms with Gasteiger partial charge in [-0.3, -0.25) is 0 Å². The van der Waals surface area contributed by atoms with E-state index in [2.05, 4.69) is 62.1 Å². The Balaban J connectivity index is 1.66. The molecule has 0 aliphatic heterocycles. The minimum Gasteiger partial charge on any atom is -0.141 e. The molecule has 2 aromatic rings. The SMILES string of the molecule is CCCCc1cc2c(s1)C=C(C#Cc1ccc(CCC)cc1)C2. The summed E-state index contributed by atoms with van der Waals surface area (Å²) in [7, 11) is 0. The van der Waals surface area contributed by atoms with E-state index in [1.54, 1.807) is 0 Å². The summed E-state index contributed by atoms with van der Waals surface area (Å²) in [6, 6.07) is 11.1. The predicted molar refractivity (Wildman–Crippen MR) is 102 cm³/mol. The van der Waals surface area contributed by atoms with Crippen molar-refractivity contribution in [3.05, 3.63) is 62.3 Å². The van der Waals surface area contributed by atoms with Crippen LogP contribution < -0.4 is 0 Å². The van der Waals surface area contributed by atoms with E-state index in [1.807, 2.05) is 11.3 Å². The zero-order valence-electron chi connectivity index (χ0n) is 14.1. The Morgan fingerprint density at radius 1 is 1.00 bits per heavy atom. The molecule has 118 valence electrons. The number of fused-ring (bicyclic) bond motifs is 1. The molecule has 0 saturated heterocycles. The second-order valence-corrected chi connectivity index (χ2v) is 7.42. The van der Waals surface area contributed by atoms with Crippen molar-refractivity contribution in [2.24, 2.45) is 0 Å². The molecule has 1 aliphatic rings. The van der Waals surface area contributed by atoms with Crippen LogP contribution in [-0.4, -0.2) is 0 Å². The van der Waals surface area contributed by atoms with Crippen LogP contribution in [0.3, 0.4) is 0 Å². The van der Waals surface area contributed by atoms with Crippen molar-refractivity contribution in [3.63, 3.8) is 0 Å². The van der Waals surface area contributed by atoms with Gasteiger partial charge in [0.15, 0.2) is 0 Å². The molecule has 0 radical (unpaired) electrons. The molecule has 0 spiro atoms. The van der Waals surface area contributed by atoms with Crippen LogP contribution in [0.15, 0.2) is 35.9 Å². The van der Waals surface area contributed by atoms with Gasteiger partial charge in [-0.1, -0.05) is 50.7 Å². The maximum atomic E-state index is 3.36. The third kappa shape index (κ3) is 4.15. The molecule has 1 heteroatoms. The summed E-state index contributed by atoms with van der Waals surface area (Å²) in [6.07, 6.45) is 9.44. The molecule has 0 atom stereocenters. The highest BCUT2D eigenvalue weighted by Gasteiger charge is 2.14. The summed E-state index contributed by atoms with van der Waals surface area (Å²) in [4.78, 5) is 2.96. The summed E-state index contributed by atoms with van der Waals surface area (Å²) in [5.41, 5.74) is 5.25. The Labute approximate surface area is 144 Å². The number of allylic oxidation sites excluding steroid dienone is 1. The normalized spacial score (nSPS) is 12.5. The second kappa shape index (κ2) is 7.66. The average molecular weight is 321 g/mol. The van der Waals surface area contributed by atoms with Gasteiger partial charge in [0, 0.05) is 27.3 Å². The van der Waals surface area contributed by atoms with E-state index in [4.69, 9.17) is 0 Å². The lowest BCUT2D eigenvalue weighted by atomic mass is 10.1. The molecule has 0 saturated carbocycles. The maximum absolute atomic E-state index is 3.36. The topological polar surface area (TPSA) is 0 Å². The van der Waals surface area contributed by atoms with E-state index in [0.29, 0.717) is 0 Å². The Morgan fingerprint density at radius 3 is 2.52 bits per heavy atom. The average Bonchev–Trinajstić information content (AvgIpc) is 3.10. The number of rotatable bonds is 5.